The van der Waals surface area contributed by atoms with Crippen LogP contribution in [0.5, 0.6) is 0 Å². The molecule has 0 saturated heterocycles. The smallest absolute Gasteiger partial charge is 0.319 e. The Morgan fingerprint density at radius 3 is 2.15 bits per heavy atom. The zero-order valence-electron chi connectivity index (χ0n) is 15.6. The van der Waals surface area contributed by atoms with Crippen LogP contribution in [0.25, 0.3) is 11.1 Å². The largest absolute Gasteiger partial charge is 0.384 e. The van der Waals surface area contributed by atoms with Gasteiger partial charge in [0.1, 0.15) is 5.60 Å². The molecule has 0 aliphatic rings. The topological polar surface area (TPSA) is 61.4 Å². The van der Waals surface area contributed by atoms with E-state index in [-0.39, 0.29) is 12.6 Å². The Balaban J connectivity index is 1.62. The van der Waals surface area contributed by atoms with Crippen molar-refractivity contribution in [1.82, 2.24) is 5.32 Å². The maximum absolute atomic E-state index is 12.1. The molecule has 0 aromatic heterocycles. The molecule has 0 saturated carbocycles. The van der Waals surface area contributed by atoms with Crippen LogP contribution < -0.4 is 10.6 Å². The number of anilines is 1. The summed E-state index contributed by atoms with van der Waals surface area (Å²) in [6, 6.07) is 25.0. The first-order valence-corrected chi connectivity index (χ1v) is 8.94. The first-order chi connectivity index (χ1) is 13.0. The van der Waals surface area contributed by atoms with Crippen molar-refractivity contribution in [2.75, 3.05) is 11.9 Å². The van der Waals surface area contributed by atoms with E-state index in [9.17, 15) is 9.90 Å². The average Bonchev–Trinajstić information content (AvgIpc) is 2.69. The van der Waals surface area contributed by atoms with E-state index in [1.807, 2.05) is 85.8 Å². The maximum Gasteiger partial charge on any atom is 0.319 e. The summed E-state index contributed by atoms with van der Waals surface area (Å²) in [5.74, 6) is 0. The van der Waals surface area contributed by atoms with E-state index in [4.69, 9.17) is 0 Å². The lowest BCUT2D eigenvalue weighted by atomic mass is 9.94. The number of nitrogens with one attached hydrogen (secondary N) is 2. The highest BCUT2D eigenvalue weighted by Crippen LogP contribution is 2.25. The summed E-state index contributed by atoms with van der Waals surface area (Å²) in [5, 5.41) is 16.3. The molecular weight excluding hydrogens is 336 g/mol. The molecule has 3 rings (SSSR count). The van der Waals surface area contributed by atoms with Gasteiger partial charge in [-0.1, -0.05) is 72.8 Å². The van der Waals surface area contributed by atoms with Crippen LogP contribution in [0, 0.1) is 6.92 Å². The maximum atomic E-state index is 12.1. The van der Waals surface area contributed by atoms with Gasteiger partial charge in [0, 0.05) is 5.69 Å². The number of benzene rings is 3. The molecule has 0 spiro atoms. The highest BCUT2D eigenvalue weighted by molar-refractivity contribution is 5.90. The number of carbonyl (C=O) groups is 1. The van der Waals surface area contributed by atoms with E-state index in [2.05, 4.69) is 10.6 Å². The molecule has 0 aliphatic carbocycles. The Kier molecular flexibility index (Phi) is 5.57. The van der Waals surface area contributed by atoms with Crippen LogP contribution in [-0.2, 0) is 5.60 Å². The lowest BCUT2D eigenvalue weighted by Gasteiger charge is -2.24. The zero-order chi connectivity index (χ0) is 19.3. The Bertz CT molecular complexity index is 903. The monoisotopic (exact) mass is 360 g/mol. The predicted octanol–water partition coefficient (Wildman–Crippen LogP) is 4.69. The number of amides is 2. The van der Waals surface area contributed by atoms with Gasteiger partial charge in [-0.05, 0) is 42.2 Å². The second kappa shape index (κ2) is 8.06. The molecule has 0 bridgehead atoms. The molecule has 2 amide bonds. The minimum absolute atomic E-state index is 0.107. The summed E-state index contributed by atoms with van der Waals surface area (Å²) < 4.78 is 0. The highest BCUT2D eigenvalue weighted by atomic mass is 16.3. The van der Waals surface area contributed by atoms with Crippen molar-refractivity contribution in [3.8, 4) is 11.1 Å². The van der Waals surface area contributed by atoms with Crippen molar-refractivity contribution in [3.05, 3.63) is 90.0 Å². The van der Waals surface area contributed by atoms with E-state index in [1.54, 1.807) is 6.92 Å². The number of hydrogen-bond donors (Lipinski definition) is 3. The van der Waals surface area contributed by atoms with Gasteiger partial charge in [0.2, 0.25) is 0 Å². The fourth-order valence-electron chi connectivity index (χ4n) is 2.89. The van der Waals surface area contributed by atoms with Crippen molar-refractivity contribution in [2.45, 2.75) is 19.4 Å². The molecule has 0 radical (unpaired) electrons. The van der Waals surface area contributed by atoms with Gasteiger partial charge in [-0.15, -0.1) is 0 Å². The van der Waals surface area contributed by atoms with Gasteiger partial charge in [-0.3, -0.25) is 0 Å². The third-order valence-corrected chi connectivity index (χ3v) is 4.60. The van der Waals surface area contributed by atoms with Gasteiger partial charge in [0.15, 0.2) is 0 Å². The standard InChI is InChI=1S/C23H24N2O2/c1-17-8-6-7-11-21(17)25-22(26)24-16-23(2,27)20-14-12-19(13-15-20)18-9-4-3-5-10-18/h3-15,27H,16H2,1-2H3,(H2,24,25,26). The Morgan fingerprint density at radius 1 is 0.889 bits per heavy atom. The van der Waals surface area contributed by atoms with Crippen LogP contribution in [-0.4, -0.2) is 17.7 Å². The first kappa shape index (κ1) is 18.7. The van der Waals surface area contributed by atoms with Crippen molar-refractivity contribution in [2.24, 2.45) is 0 Å². The average molecular weight is 360 g/mol. The minimum Gasteiger partial charge on any atom is -0.384 e. The van der Waals surface area contributed by atoms with Gasteiger partial charge in [0.05, 0.1) is 6.54 Å². The molecule has 0 fully saturated rings. The number of rotatable bonds is 5. The third-order valence-electron chi connectivity index (χ3n) is 4.60. The van der Waals surface area contributed by atoms with Crippen LogP contribution in [0.4, 0.5) is 10.5 Å². The van der Waals surface area contributed by atoms with Crippen molar-refractivity contribution in [3.63, 3.8) is 0 Å². The molecule has 4 nitrogen and oxygen atoms in total. The van der Waals surface area contributed by atoms with Crippen LogP contribution in [0.2, 0.25) is 0 Å². The molecule has 3 aromatic carbocycles. The number of para-hydroxylation sites is 1. The quantitative estimate of drug-likeness (QED) is 0.618. The van der Waals surface area contributed by atoms with Crippen LogP contribution in [0.3, 0.4) is 0 Å². The molecule has 4 heteroatoms. The van der Waals surface area contributed by atoms with Gasteiger partial charge >= 0.3 is 6.03 Å². The van der Waals surface area contributed by atoms with E-state index < -0.39 is 5.60 Å². The first-order valence-electron chi connectivity index (χ1n) is 8.94. The molecule has 1 atom stereocenters. The van der Waals surface area contributed by atoms with E-state index in [0.29, 0.717) is 0 Å². The lowest BCUT2D eigenvalue weighted by Crippen LogP contribution is -2.40. The lowest BCUT2D eigenvalue weighted by molar-refractivity contribution is 0.0600. The summed E-state index contributed by atoms with van der Waals surface area (Å²) >= 11 is 0. The Labute approximate surface area is 159 Å². The number of carbonyl (C=O) groups excluding carboxylic acids is 1. The predicted molar refractivity (Wildman–Crippen MR) is 110 cm³/mol. The minimum atomic E-state index is -1.17. The number of aliphatic hydroxyl groups is 1. The van der Waals surface area contributed by atoms with E-state index in [1.165, 1.54) is 0 Å². The van der Waals surface area contributed by atoms with E-state index >= 15 is 0 Å². The van der Waals surface area contributed by atoms with Gasteiger partial charge in [0.25, 0.3) is 0 Å². The van der Waals surface area contributed by atoms with Crippen LogP contribution in [0.15, 0.2) is 78.9 Å². The summed E-state index contributed by atoms with van der Waals surface area (Å²) in [6.45, 7) is 3.73. The van der Waals surface area contributed by atoms with Crippen molar-refractivity contribution >= 4 is 11.7 Å². The number of aryl methyl sites for hydroxylation is 1. The van der Waals surface area contributed by atoms with Crippen molar-refractivity contribution < 1.29 is 9.90 Å². The van der Waals surface area contributed by atoms with Crippen LogP contribution >= 0.6 is 0 Å². The normalized spacial score (nSPS) is 12.9. The van der Waals surface area contributed by atoms with Crippen LogP contribution in [0.1, 0.15) is 18.1 Å². The van der Waals surface area contributed by atoms with E-state index in [0.717, 1.165) is 27.9 Å². The molecule has 138 valence electrons. The summed E-state index contributed by atoms with van der Waals surface area (Å²) in [5.41, 5.74) is 3.52. The molecular formula is C23H24N2O2. The third kappa shape index (κ3) is 4.74. The second-order valence-electron chi connectivity index (χ2n) is 6.84. The van der Waals surface area contributed by atoms with Gasteiger partial charge < -0.3 is 15.7 Å². The fraction of sp³-hybridized carbons (Fsp3) is 0.174. The molecule has 0 aliphatic heterocycles. The second-order valence-corrected chi connectivity index (χ2v) is 6.84. The molecule has 27 heavy (non-hydrogen) atoms. The zero-order valence-corrected chi connectivity index (χ0v) is 15.6. The van der Waals surface area contributed by atoms with Gasteiger partial charge in [-0.25, -0.2) is 4.79 Å². The SMILES string of the molecule is Cc1ccccc1NC(=O)NCC(C)(O)c1ccc(-c2ccccc2)cc1. The van der Waals surface area contributed by atoms with Gasteiger partial charge in [-0.2, -0.15) is 0 Å². The molecule has 1 unspecified atom stereocenters. The Hall–Kier alpha value is -3.11. The number of hydrogen-bond acceptors (Lipinski definition) is 2. The molecule has 3 N–H and O–H groups in total. The summed E-state index contributed by atoms with van der Waals surface area (Å²) in [6.07, 6.45) is 0. The van der Waals surface area contributed by atoms with Crippen molar-refractivity contribution in [1.29, 1.82) is 0 Å². The summed E-state index contributed by atoms with van der Waals surface area (Å²) in [4.78, 5) is 12.1. The molecule has 0 heterocycles. The summed E-state index contributed by atoms with van der Waals surface area (Å²) in [7, 11) is 0. The number of urea groups is 1. The fourth-order valence-corrected chi connectivity index (χ4v) is 2.89. The Morgan fingerprint density at radius 2 is 1.48 bits per heavy atom. The highest BCUT2D eigenvalue weighted by Gasteiger charge is 2.24. The molecule has 3 aromatic rings.